The maximum absolute atomic E-state index is 6.30. The van der Waals surface area contributed by atoms with Crippen LogP contribution in [0.2, 0.25) is 0 Å². The molecule has 0 N–H and O–H groups in total. The lowest BCUT2D eigenvalue weighted by Crippen LogP contribution is -2.03. The molecule has 7 aromatic carbocycles. The van der Waals surface area contributed by atoms with Crippen LogP contribution in [0.5, 0.6) is 0 Å². The smallest absolute Gasteiger partial charge is 0.164 e. The van der Waals surface area contributed by atoms with Gasteiger partial charge in [-0.05, 0) is 53.3 Å². The van der Waals surface area contributed by atoms with Gasteiger partial charge in [-0.1, -0.05) is 176 Å². The van der Waals surface area contributed by atoms with E-state index in [-0.39, 0.29) is 0 Å². The Hall–Kier alpha value is -8.16. The first-order valence-corrected chi connectivity index (χ1v) is 20.4. The van der Waals surface area contributed by atoms with Gasteiger partial charge in [0.2, 0.25) is 0 Å². The average molecular weight is 785 g/mol. The molecule has 0 saturated carbocycles. The Bertz CT molecular complexity index is 3300. The van der Waals surface area contributed by atoms with Crippen LogP contribution in [0.1, 0.15) is 18.7 Å². The van der Waals surface area contributed by atoms with Crippen molar-refractivity contribution in [1.29, 1.82) is 0 Å². The highest BCUT2D eigenvalue weighted by Gasteiger charge is 2.22. The number of furan rings is 1. The van der Waals surface area contributed by atoms with Crippen LogP contribution in [-0.2, 0) is 0 Å². The topological polar surface area (TPSA) is 90.5 Å². The number of fused-ring (bicyclic) bond motifs is 3. The zero-order valence-corrected chi connectivity index (χ0v) is 33.0. The van der Waals surface area contributed by atoms with Crippen molar-refractivity contribution >= 4 is 27.5 Å². The molecule has 0 spiro atoms. The largest absolute Gasteiger partial charge is 0.456 e. The Labute approximate surface area is 352 Å². The second-order valence-electron chi connectivity index (χ2n) is 14.9. The highest BCUT2D eigenvalue weighted by Crippen LogP contribution is 2.41. The summed E-state index contributed by atoms with van der Waals surface area (Å²) >= 11 is 0. The first kappa shape index (κ1) is 36.0. The second-order valence-corrected chi connectivity index (χ2v) is 14.9. The molecule has 0 bridgehead atoms. The number of nitrogens with zero attached hydrogens (tertiary/aromatic N) is 6. The predicted molar refractivity (Wildman–Crippen MR) is 245 cm³/mol. The molecule has 61 heavy (non-hydrogen) atoms. The lowest BCUT2D eigenvalue weighted by atomic mass is 9.90. The van der Waals surface area contributed by atoms with Crippen molar-refractivity contribution in [1.82, 2.24) is 29.9 Å². The van der Waals surface area contributed by atoms with Crippen LogP contribution < -0.4 is 0 Å². The van der Waals surface area contributed by atoms with Gasteiger partial charge in [0.1, 0.15) is 11.2 Å². The molecule has 0 saturated heterocycles. The van der Waals surface area contributed by atoms with Crippen LogP contribution in [0.4, 0.5) is 0 Å². The molecular weight excluding hydrogens is 749 g/mol. The van der Waals surface area contributed by atoms with Crippen LogP contribution in [0.25, 0.3) is 107 Å². The van der Waals surface area contributed by atoms with Gasteiger partial charge < -0.3 is 4.42 Å². The number of allylic oxidation sites excluding steroid dienone is 4. The van der Waals surface area contributed by atoms with E-state index in [4.69, 9.17) is 34.3 Å². The highest BCUT2D eigenvalue weighted by atomic mass is 16.3. The molecule has 0 aliphatic heterocycles. The molecular formula is C54H36N6O. The number of aromatic nitrogens is 6. The Morgan fingerprint density at radius 1 is 0.344 bits per heavy atom. The van der Waals surface area contributed by atoms with Crippen molar-refractivity contribution in [2.24, 2.45) is 0 Å². The molecule has 7 nitrogen and oxygen atoms in total. The van der Waals surface area contributed by atoms with Crippen LogP contribution >= 0.6 is 0 Å². The van der Waals surface area contributed by atoms with E-state index in [1.807, 2.05) is 103 Å². The standard InChI is InChI=1S/C54H36N6O/c1-5-18-35(19-6-1)45-34-39(52-56-49(36-20-7-2-8-21-36)55-50(57-52)37-22-9-3-10-23-37)32-33-41(45)40-26-13-14-27-42(40)53-58-51(38-24-11-4-12-25-38)59-54(60-53)44-29-17-31-47-48(44)43-28-15-16-30-46(43)61-47/h1-2,4-9,11-34H,3,10H2. The quantitative estimate of drug-likeness (QED) is 0.151. The molecule has 7 heteroatoms. The zero-order chi connectivity index (χ0) is 40.5. The molecule has 11 rings (SSSR count). The zero-order valence-electron chi connectivity index (χ0n) is 33.0. The number of para-hydroxylation sites is 1. The monoisotopic (exact) mass is 784 g/mol. The number of rotatable bonds is 8. The third-order valence-corrected chi connectivity index (χ3v) is 11.1. The maximum atomic E-state index is 6.30. The van der Waals surface area contributed by atoms with Crippen LogP contribution in [-0.4, -0.2) is 29.9 Å². The summed E-state index contributed by atoms with van der Waals surface area (Å²) in [4.78, 5) is 30.7. The van der Waals surface area contributed by atoms with Gasteiger partial charge in [0.15, 0.2) is 34.9 Å². The third kappa shape index (κ3) is 6.88. The Morgan fingerprint density at radius 2 is 0.869 bits per heavy atom. The number of hydrogen-bond donors (Lipinski definition) is 0. The molecule has 3 heterocycles. The van der Waals surface area contributed by atoms with Crippen molar-refractivity contribution in [2.45, 2.75) is 12.8 Å². The van der Waals surface area contributed by atoms with Gasteiger partial charge >= 0.3 is 0 Å². The molecule has 288 valence electrons. The first-order valence-electron chi connectivity index (χ1n) is 20.4. The van der Waals surface area contributed by atoms with Crippen molar-refractivity contribution in [2.75, 3.05) is 0 Å². The van der Waals surface area contributed by atoms with Crippen LogP contribution in [0.15, 0.2) is 199 Å². The molecule has 3 aromatic heterocycles. The van der Waals surface area contributed by atoms with E-state index in [2.05, 4.69) is 91.0 Å². The Kier molecular flexibility index (Phi) is 9.16. The van der Waals surface area contributed by atoms with E-state index in [0.717, 1.165) is 90.4 Å². The van der Waals surface area contributed by atoms with Gasteiger partial charge in [0.05, 0.1) is 0 Å². The molecule has 1 aliphatic carbocycles. The fourth-order valence-electron chi connectivity index (χ4n) is 8.11. The minimum absolute atomic E-state index is 0.566. The van der Waals surface area contributed by atoms with Crippen molar-refractivity contribution in [3.8, 4) is 79.2 Å². The second kappa shape index (κ2) is 15.5. The van der Waals surface area contributed by atoms with Gasteiger partial charge in [-0.15, -0.1) is 0 Å². The molecule has 0 unspecified atom stereocenters. The van der Waals surface area contributed by atoms with E-state index < -0.39 is 0 Å². The molecule has 0 fully saturated rings. The summed E-state index contributed by atoms with van der Waals surface area (Å²) in [7, 11) is 0. The van der Waals surface area contributed by atoms with E-state index >= 15 is 0 Å². The van der Waals surface area contributed by atoms with Crippen LogP contribution in [0, 0.1) is 0 Å². The van der Waals surface area contributed by atoms with Gasteiger partial charge in [-0.25, -0.2) is 29.9 Å². The minimum Gasteiger partial charge on any atom is -0.456 e. The highest BCUT2D eigenvalue weighted by molar-refractivity contribution is 6.11. The summed E-state index contributed by atoms with van der Waals surface area (Å²) in [5, 5.41) is 1.98. The Balaban J connectivity index is 1.10. The summed E-state index contributed by atoms with van der Waals surface area (Å²) in [6.45, 7) is 0. The Morgan fingerprint density at radius 3 is 1.57 bits per heavy atom. The summed E-state index contributed by atoms with van der Waals surface area (Å²) in [5.41, 5.74) is 11.2. The minimum atomic E-state index is 0.566. The molecule has 10 aromatic rings. The lowest BCUT2D eigenvalue weighted by molar-refractivity contribution is 0.669. The molecule has 0 radical (unpaired) electrons. The van der Waals surface area contributed by atoms with Crippen molar-refractivity contribution in [3.05, 3.63) is 200 Å². The fourth-order valence-corrected chi connectivity index (χ4v) is 8.11. The van der Waals surface area contributed by atoms with Gasteiger partial charge in [0, 0.05) is 44.2 Å². The molecule has 0 atom stereocenters. The fraction of sp³-hybridized carbons (Fsp3) is 0.0370. The average Bonchev–Trinajstić information content (AvgIpc) is 3.74. The van der Waals surface area contributed by atoms with Gasteiger partial charge in [-0.2, -0.15) is 0 Å². The maximum Gasteiger partial charge on any atom is 0.164 e. The summed E-state index contributed by atoms with van der Waals surface area (Å²) in [5.74, 6) is 3.62. The van der Waals surface area contributed by atoms with Crippen molar-refractivity contribution in [3.63, 3.8) is 0 Å². The normalized spacial score (nSPS) is 12.5. The third-order valence-electron chi connectivity index (χ3n) is 11.1. The van der Waals surface area contributed by atoms with E-state index in [9.17, 15) is 0 Å². The van der Waals surface area contributed by atoms with Crippen molar-refractivity contribution < 1.29 is 4.42 Å². The van der Waals surface area contributed by atoms with Gasteiger partial charge in [0.25, 0.3) is 0 Å². The summed E-state index contributed by atoms with van der Waals surface area (Å²) in [6.07, 6.45) is 8.45. The van der Waals surface area contributed by atoms with E-state index in [0.29, 0.717) is 34.9 Å². The van der Waals surface area contributed by atoms with Crippen LogP contribution in [0.3, 0.4) is 0 Å². The van der Waals surface area contributed by atoms with E-state index in [1.54, 1.807) is 0 Å². The number of benzene rings is 7. The molecule has 0 amide bonds. The SMILES string of the molecule is C1=CC(c2nc(-c3ccccc3)nc(-c3ccc(-c4ccccc4-c4nc(-c5ccccc5)nc(-c5cccc6oc7ccccc7c56)n4)c(-c4ccccc4)c3)n2)=CCC1. The van der Waals surface area contributed by atoms with E-state index in [1.165, 1.54) is 0 Å². The predicted octanol–water partition coefficient (Wildman–Crippen LogP) is 13.4. The summed E-state index contributed by atoms with van der Waals surface area (Å²) < 4.78 is 6.30. The number of hydrogen-bond acceptors (Lipinski definition) is 7. The van der Waals surface area contributed by atoms with Gasteiger partial charge in [-0.3, -0.25) is 0 Å². The summed E-state index contributed by atoms with van der Waals surface area (Å²) in [6, 6.07) is 59.6. The molecule has 1 aliphatic rings. The first-order chi connectivity index (χ1) is 30.2. The lowest BCUT2D eigenvalue weighted by Gasteiger charge is -2.17.